The minimum Gasteiger partial charge on any atom is -0.497 e. The van der Waals surface area contributed by atoms with Gasteiger partial charge in [-0.3, -0.25) is 14.2 Å². The average molecular weight is 428 g/mol. The number of imidazole rings is 1. The summed E-state index contributed by atoms with van der Waals surface area (Å²) in [5.74, 6) is 0.875. The minimum atomic E-state index is -0.140. The van der Waals surface area contributed by atoms with Crippen molar-refractivity contribution in [2.24, 2.45) is 0 Å². The lowest BCUT2D eigenvalue weighted by molar-refractivity contribution is -0.114. The van der Waals surface area contributed by atoms with Gasteiger partial charge in [-0.25, -0.2) is 4.98 Å². The molecule has 0 aliphatic rings. The summed E-state index contributed by atoms with van der Waals surface area (Å²) in [6.07, 6.45) is 5.48. The average Bonchev–Trinajstić information content (AvgIpc) is 3.20. The zero-order valence-electron chi connectivity index (χ0n) is 16.3. The van der Waals surface area contributed by atoms with Crippen molar-refractivity contribution in [3.8, 4) is 11.4 Å². The number of amides is 1. The van der Waals surface area contributed by atoms with Crippen LogP contribution in [0.4, 0.5) is 5.69 Å². The molecule has 0 saturated heterocycles. The Hall–Kier alpha value is -2.71. The molecule has 0 radical (unpaired) electrons. The second-order valence-electron chi connectivity index (χ2n) is 6.09. The Balaban J connectivity index is 1.73. The van der Waals surface area contributed by atoms with Gasteiger partial charge in [-0.15, -0.1) is 11.8 Å². The molecule has 0 atom stereocenters. The highest BCUT2D eigenvalue weighted by molar-refractivity contribution is 7.99. The van der Waals surface area contributed by atoms with Crippen molar-refractivity contribution in [3.63, 3.8) is 0 Å². The standard InChI is InChI=1S/C21H21N3O3S2/c1-14(25)23-18-8-7-15(11-20(18)28-3)19(26)13-29-21-22-9-10-24(21)16-5-4-6-17(12-16)27-2/h4-12H,13H2,1-3H3,(H,23,25). The van der Waals surface area contributed by atoms with Gasteiger partial charge < -0.3 is 10.1 Å². The number of benzene rings is 2. The first-order valence-corrected chi connectivity index (χ1v) is 11.0. The number of anilines is 1. The molecule has 150 valence electrons. The maximum Gasteiger partial charge on any atom is 0.221 e. The molecule has 1 heterocycles. The molecule has 6 nitrogen and oxygen atoms in total. The molecule has 1 N–H and O–H groups in total. The Morgan fingerprint density at radius 2 is 2.03 bits per heavy atom. The highest BCUT2D eigenvalue weighted by Crippen LogP contribution is 2.28. The van der Waals surface area contributed by atoms with Gasteiger partial charge >= 0.3 is 0 Å². The third-order valence-electron chi connectivity index (χ3n) is 4.10. The molecule has 0 aliphatic heterocycles. The Morgan fingerprint density at radius 1 is 1.21 bits per heavy atom. The number of thioether (sulfide) groups is 2. The van der Waals surface area contributed by atoms with Crippen molar-refractivity contribution < 1.29 is 14.3 Å². The second-order valence-corrected chi connectivity index (χ2v) is 7.88. The van der Waals surface area contributed by atoms with Crippen LogP contribution in [0.5, 0.6) is 5.75 Å². The number of hydrogen-bond donors (Lipinski definition) is 1. The van der Waals surface area contributed by atoms with Crippen LogP contribution in [0.15, 0.2) is 64.9 Å². The summed E-state index contributed by atoms with van der Waals surface area (Å²) in [4.78, 5) is 29.3. The van der Waals surface area contributed by atoms with Crippen molar-refractivity contribution in [1.29, 1.82) is 0 Å². The SMILES string of the molecule is COc1cccc(-n2ccnc2SCC(=O)c2ccc(NC(C)=O)c(SC)c2)c1. The first kappa shape index (κ1) is 21.0. The summed E-state index contributed by atoms with van der Waals surface area (Å²) in [7, 11) is 1.63. The largest absolute Gasteiger partial charge is 0.497 e. The first-order valence-electron chi connectivity index (χ1n) is 8.81. The van der Waals surface area contributed by atoms with Crippen LogP contribution in [0.2, 0.25) is 0 Å². The predicted molar refractivity (Wildman–Crippen MR) is 118 cm³/mol. The van der Waals surface area contributed by atoms with E-state index < -0.39 is 0 Å². The molecule has 29 heavy (non-hydrogen) atoms. The van der Waals surface area contributed by atoms with Crippen LogP contribution < -0.4 is 10.1 Å². The molecule has 8 heteroatoms. The monoisotopic (exact) mass is 427 g/mol. The summed E-state index contributed by atoms with van der Waals surface area (Å²) < 4.78 is 7.21. The molecule has 1 aromatic heterocycles. The second kappa shape index (κ2) is 9.67. The van der Waals surface area contributed by atoms with Crippen LogP contribution in [0, 0.1) is 0 Å². The van der Waals surface area contributed by atoms with Crippen molar-refractivity contribution in [3.05, 3.63) is 60.4 Å². The maximum absolute atomic E-state index is 12.7. The minimum absolute atomic E-state index is 0.000123. The summed E-state index contributed by atoms with van der Waals surface area (Å²) >= 11 is 2.86. The van der Waals surface area contributed by atoms with Gasteiger partial charge in [0.2, 0.25) is 5.91 Å². The summed E-state index contributed by atoms with van der Waals surface area (Å²) in [5, 5.41) is 3.51. The highest BCUT2D eigenvalue weighted by Gasteiger charge is 2.13. The van der Waals surface area contributed by atoms with E-state index in [9.17, 15) is 9.59 Å². The number of methoxy groups -OCH3 is 1. The molecule has 3 rings (SSSR count). The Labute approximate surface area is 178 Å². The molecule has 1 amide bonds. The molecule has 0 unspecified atom stereocenters. The number of carbonyl (C=O) groups excluding carboxylic acids is 2. The smallest absolute Gasteiger partial charge is 0.221 e. The lowest BCUT2D eigenvalue weighted by atomic mass is 10.1. The molecular weight excluding hydrogens is 406 g/mol. The van der Waals surface area contributed by atoms with Crippen molar-refractivity contribution in [2.75, 3.05) is 24.4 Å². The molecule has 0 spiro atoms. The van der Waals surface area contributed by atoms with Gasteiger partial charge in [0.05, 0.1) is 24.2 Å². The van der Waals surface area contributed by atoms with Gasteiger partial charge in [0.1, 0.15) is 5.75 Å². The molecule has 0 saturated carbocycles. The van der Waals surface area contributed by atoms with Crippen LogP contribution in [0.1, 0.15) is 17.3 Å². The number of carbonyl (C=O) groups is 2. The third-order valence-corrected chi connectivity index (χ3v) is 5.85. The number of nitrogens with zero attached hydrogens (tertiary/aromatic N) is 2. The zero-order valence-corrected chi connectivity index (χ0v) is 18.0. The van der Waals surface area contributed by atoms with Gasteiger partial charge in [0, 0.05) is 35.8 Å². The summed E-state index contributed by atoms with van der Waals surface area (Å²) in [6.45, 7) is 1.46. The zero-order chi connectivity index (χ0) is 20.8. The number of ether oxygens (including phenoxy) is 1. The van der Waals surface area contributed by atoms with Crippen LogP contribution in [-0.4, -0.2) is 40.4 Å². The Bertz CT molecular complexity index is 1030. The van der Waals surface area contributed by atoms with Gasteiger partial charge in [-0.1, -0.05) is 17.8 Å². The maximum atomic E-state index is 12.7. The van der Waals surface area contributed by atoms with Gasteiger partial charge in [0.25, 0.3) is 0 Å². The van der Waals surface area contributed by atoms with E-state index in [0.29, 0.717) is 11.3 Å². The molecule has 2 aromatic carbocycles. The Kier molecular flexibility index (Phi) is 7.00. The predicted octanol–water partition coefficient (Wildman–Crippen LogP) is 4.54. The van der Waals surface area contributed by atoms with E-state index in [4.69, 9.17) is 4.74 Å². The lowest BCUT2D eigenvalue weighted by Crippen LogP contribution is -2.08. The molecule has 0 aliphatic carbocycles. The summed E-state index contributed by atoms with van der Waals surface area (Å²) in [6, 6.07) is 13.0. The first-order chi connectivity index (χ1) is 14.0. The number of ketones is 1. The molecule has 3 aromatic rings. The molecular formula is C21H21N3O3S2. The molecule has 0 bridgehead atoms. The van der Waals surface area contributed by atoms with Gasteiger partial charge in [0.15, 0.2) is 10.9 Å². The highest BCUT2D eigenvalue weighted by atomic mass is 32.2. The van der Waals surface area contributed by atoms with E-state index in [1.807, 2.05) is 47.4 Å². The fraction of sp³-hybridized carbons (Fsp3) is 0.190. The number of hydrogen-bond acceptors (Lipinski definition) is 6. The number of rotatable bonds is 8. The van der Waals surface area contributed by atoms with E-state index >= 15 is 0 Å². The topological polar surface area (TPSA) is 73.2 Å². The van der Waals surface area contributed by atoms with E-state index in [0.717, 1.165) is 21.5 Å². The Morgan fingerprint density at radius 3 is 2.76 bits per heavy atom. The number of nitrogens with one attached hydrogen (secondary N) is 1. The fourth-order valence-electron chi connectivity index (χ4n) is 2.72. The normalized spacial score (nSPS) is 10.6. The van der Waals surface area contributed by atoms with E-state index in [1.54, 1.807) is 25.4 Å². The van der Waals surface area contributed by atoms with E-state index in [1.165, 1.54) is 30.4 Å². The van der Waals surface area contributed by atoms with Crippen molar-refractivity contribution >= 4 is 40.9 Å². The fourth-order valence-corrected chi connectivity index (χ4v) is 4.18. The number of aromatic nitrogens is 2. The lowest BCUT2D eigenvalue weighted by Gasteiger charge is -2.11. The summed E-state index contributed by atoms with van der Waals surface area (Å²) in [5.41, 5.74) is 2.24. The number of Topliss-reactive ketones (excluding diaryl/α,β-unsaturated/α-hetero) is 1. The van der Waals surface area contributed by atoms with E-state index in [-0.39, 0.29) is 17.4 Å². The van der Waals surface area contributed by atoms with E-state index in [2.05, 4.69) is 10.3 Å². The van der Waals surface area contributed by atoms with Crippen LogP contribution in [0.25, 0.3) is 5.69 Å². The quantitative estimate of drug-likeness (QED) is 0.420. The van der Waals surface area contributed by atoms with Crippen molar-refractivity contribution in [1.82, 2.24) is 9.55 Å². The van der Waals surface area contributed by atoms with Crippen LogP contribution in [0.3, 0.4) is 0 Å². The van der Waals surface area contributed by atoms with Gasteiger partial charge in [-0.2, -0.15) is 0 Å². The van der Waals surface area contributed by atoms with Crippen LogP contribution >= 0.6 is 23.5 Å². The third kappa shape index (κ3) is 5.21. The van der Waals surface area contributed by atoms with Gasteiger partial charge in [-0.05, 0) is 36.6 Å². The van der Waals surface area contributed by atoms with Crippen LogP contribution in [-0.2, 0) is 4.79 Å². The van der Waals surface area contributed by atoms with Crippen molar-refractivity contribution in [2.45, 2.75) is 17.0 Å². The molecule has 0 fully saturated rings.